The van der Waals surface area contributed by atoms with Crippen molar-refractivity contribution in [2.75, 3.05) is 20.1 Å². The Hall–Kier alpha value is -1.79. The van der Waals surface area contributed by atoms with E-state index in [1.807, 2.05) is 18.5 Å². The van der Waals surface area contributed by atoms with E-state index in [2.05, 4.69) is 56.4 Å². The summed E-state index contributed by atoms with van der Waals surface area (Å²) < 4.78 is 2.05. The van der Waals surface area contributed by atoms with Gasteiger partial charge in [-0.1, -0.05) is 18.2 Å². The highest BCUT2D eigenvalue weighted by atomic mass is 15.4. The molecule has 0 aliphatic carbocycles. The summed E-state index contributed by atoms with van der Waals surface area (Å²) in [6, 6.07) is 4.98. The minimum Gasteiger partial charge on any atom is -0.317 e. The molecule has 2 aromatic rings. The normalized spacial score (nSPS) is 17.5. The molecule has 23 heavy (non-hydrogen) atoms. The molecule has 0 amide bonds. The first kappa shape index (κ1) is 16.1. The SMILES string of the molecule is CCC(c1cccnc1)N(C)Cc1cn(C2CCNCC2)nn1. The third kappa shape index (κ3) is 3.95. The van der Waals surface area contributed by atoms with Gasteiger partial charge in [0.15, 0.2) is 0 Å². The van der Waals surface area contributed by atoms with Crippen LogP contribution in [0.25, 0.3) is 0 Å². The molecule has 0 spiro atoms. The molecule has 2 aromatic heterocycles. The largest absolute Gasteiger partial charge is 0.317 e. The van der Waals surface area contributed by atoms with E-state index >= 15 is 0 Å². The third-order valence-corrected chi connectivity index (χ3v) is 4.64. The Labute approximate surface area is 137 Å². The van der Waals surface area contributed by atoms with Crippen LogP contribution in [0.15, 0.2) is 30.7 Å². The molecule has 6 nitrogen and oxygen atoms in total. The van der Waals surface area contributed by atoms with Gasteiger partial charge in [-0.2, -0.15) is 0 Å². The Balaban J connectivity index is 1.65. The highest BCUT2D eigenvalue weighted by Crippen LogP contribution is 2.24. The smallest absolute Gasteiger partial charge is 0.0967 e. The maximum absolute atomic E-state index is 4.38. The number of nitrogens with one attached hydrogen (secondary N) is 1. The summed E-state index contributed by atoms with van der Waals surface area (Å²) >= 11 is 0. The molecule has 124 valence electrons. The predicted octanol–water partition coefficient (Wildman–Crippen LogP) is 2.18. The monoisotopic (exact) mass is 314 g/mol. The van der Waals surface area contributed by atoms with Gasteiger partial charge in [0.25, 0.3) is 0 Å². The zero-order valence-corrected chi connectivity index (χ0v) is 14.0. The van der Waals surface area contributed by atoms with Gasteiger partial charge in [0, 0.05) is 25.0 Å². The lowest BCUT2D eigenvalue weighted by Crippen LogP contribution is -2.29. The van der Waals surface area contributed by atoms with Crippen molar-refractivity contribution < 1.29 is 0 Å². The van der Waals surface area contributed by atoms with Crippen LogP contribution in [0.3, 0.4) is 0 Å². The average Bonchev–Trinajstić information content (AvgIpc) is 3.06. The summed E-state index contributed by atoms with van der Waals surface area (Å²) in [5.41, 5.74) is 2.29. The van der Waals surface area contributed by atoms with E-state index in [0.717, 1.165) is 44.6 Å². The minimum absolute atomic E-state index is 0.354. The first-order chi connectivity index (χ1) is 11.3. The number of piperidine rings is 1. The summed E-state index contributed by atoms with van der Waals surface area (Å²) in [7, 11) is 2.14. The molecule has 0 bridgehead atoms. The topological polar surface area (TPSA) is 58.9 Å². The molecule has 1 saturated heterocycles. The van der Waals surface area contributed by atoms with Crippen molar-refractivity contribution in [3.8, 4) is 0 Å². The van der Waals surface area contributed by atoms with Crippen molar-refractivity contribution in [2.24, 2.45) is 0 Å². The summed E-state index contributed by atoms with van der Waals surface area (Å²) in [5, 5.41) is 12.1. The molecular formula is C17H26N6. The van der Waals surface area contributed by atoms with E-state index in [9.17, 15) is 0 Å². The van der Waals surface area contributed by atoms with Gasteiger partial charge in [-0.3, -0.25) is 9.88 Å². The predicted molar refractivity (Wildman–Crippen MR) is 89.9 cm³/mol. The second-order valence-electron chi connectivity index (χ2n) is 6.30. The molecule has 1 aliphatic heterocycles. The van der Waals surface area contributed by atoms with Crippen LogP contribution in [0.5, 0.6) is 0 Å². The molecule has 0 saturated carbocycles. The fourth-order valence-corrected chi connectivity index (χ4v) is 3.38. The first-order valence-electron chi connectivity index (χ1n) is 8.49. The summed E-state index contributed by atoms with van der Waals surface area (Å²) in [4.78, 5) is 6.57. The van der Waals surface area contributed by atoms with Crippen LogP contribution in [0, 0.1) is 0 Å². The van der Waals surface area contributed by atoms with E-state index in [1.54, 1.807) is 0 Å². The van der Waals surface area contributed by atoms with E-state index in [-0.39, 0.29) is 0 Å². The van der Waals surface area contributed by atoms with Crippen molar-refractivity contribution in [1.82, 2.24) is 30.2 Å². The number of nitrogens with zero attached hydrogens (tertiary/aromatic N) is 5. The summed E-state index contributed by atoms with van der Waals surface area (Å²) in [5.74, 6) is 0. The van der Waals surface area contributed by atoms with Gasteiger partial charge in [0.2, 0.25) is 0 Å². The minimum atomic E-state index is 0.354. The molecule has 6 heteroatoms. The summed E-state index contributed by atoms with van der Waals surface area (Å²) in [6.07, 6.45) is 9.20. The Bertz CT molecular complexity index is 590. The van der Waals surface area contributed by atoms with E-state index < -0.39 is 0 Å². The first-order valence-corrected chi connectivity index (χ1v) is 8.49. The van der Waals surface area contributed by atoms with Crippen molar-refractivity contribution in [3.63, 3.8) is 0 Å². The third-order valence-electron chi connectivity index (χ3n) is 4.64. The van der Waals surface area contributed by atoms with Gasteiger partial charge in [0.1, 0.15) is 0 Å². The molecule has 1 N–H and O–H groups in total. The maximum atomic E-state index is 4.38. The number of aromatic nitrogens is 4. The van der Waals surface area contributed by atoms with Crippen molar-refractivity contribution in [1.29, 1.82) is 0 Å². The molecule has 1 aliphatic rings. The number of rotatable bonds is 6. The van der Waals surface area contributed by atoms with Crippen LogP contribution < -0.4 is 5.32 Å². The van der Waals surface area contributed by atoms with Gasteiger partial charge in [0.05, 0.1) is 17.9 Å². The number of hydrogen-bond donors (Lipinski definition) is 1. The van der Waals surface area contributed by atoms with Gasteiger partial charge in [-0.05, 0) is 51.0 Å². The van der Waals surface area contributed by atoms with E-state index in [1.165, 1.54) is 5.56 Å². The highest BCUT2D eigenvalue weighted by Gasteiger charge is 2.19. The second-order valence-corrected chi connectivity index (χ2v) is 6.30. The lowest BCUT2D eigenvalue weighted by molar-refractivity contribution is 0.227. The average molecular weight is 314 g/mol. The Kier molecular flexibility index (Phi) is 5.35. The fourth-order valence-electron chi connectivity index (χ4n) is 3.38. The van der Waals surface area contributed by atoms with Gasteiger partial charge < -0.3 is 5.32 Å². The summed E-state index contributed by atoms with van der Waals surface area (Å²) in [6.45, 7) is 5.15. The zero-order chi connectivity index (χ0) is 16.1. The molecule has 0 radical (unpaired) electrons. The van der Waals surface area contributed by atoms with Crippen molar-refractivity contribution >= 4 is 0 Å². The Morgan fingerprint density at radius 3 is 2.91 bits per heavy atom. The molecule has 0 aromatic carbocycles. The lowest BCUT2D eigenvalue weighted by Gasteiger charge is -2.26. The molecular weight excluding hydrogens is 288 g/mol. The van der Waals surface area contributed by atoms with Crippen LogP contribution in [0.4, 0.5) is 0 Å². The number of hydrogen-bond acceptors (Lipinski definition) is 5. The second kappa shape index (κ2) is 7.66. The number of pyridine rings is 1. The molecule has 3 rings (SSSR count). The van der Waals surface area contributed by atoms with Crippen molar-refractivity contribution in [3.05, 3.63) is 42.0 Å². The Morgan fingerprint density at radius 2 is 2.22 bits per heavy atom. The van der Waals surface area contributed by atoms with Crippen LogP contribution in [-0.2, 0) is 6.54 Å². The van der Waals surface area contributed by atoms with E-state index in [4.69, 9.17) is 0 Å². The van der Waals surface area contributed by atoms with Crippen LogP contribution in [0.1, 0.15) is 49.5 Å². The van der Waals surface area contributed by atoms with Crippen LogP contribution in [0.2, 0.25) is 0 Å². The van der Waals surface area contributed by atoms with Crippen LogP contribution in [-0.4, -0.2) is 45.0 Å². The van der Waals surface area contributed by atoms with Crippen LogP contribution >= 0.6 is 0 Å². The standard InChI is InChI=1S/C17H26N6/c1-3-17(14-5-4-8-19-11-14)22(2)12-15-13-23(21-20-15)16-6-9-18-10-7-16/h4-5,8,11,13,16-18H,3,6-7,9-10,12H2,1-2H3. The van der Waals surface area contributed by atoms with E-state index in [0.29, 0.717) is 12.1 Å². The van der Waals surface area contributed by atoms with Crippen molar-refractivity contribution in [2.45, 2.75) is 44.8 Å². The zero-order valence-electron chi connectivity index (χ0n) is 14.0. The Morgan fingerprint density at radius 1 is 1.39 bits per heavy atom. The molecule has 3 heterocycles. The lowest BCUT2D eigenvalue weighted by atomic mass is 10.1. The van der Waals surface area contributed by atoms with Gasteiger partial charge in [-0.25, -0.2) is 4.68 Å². The van der Waals surface area contributed by atoms with Gasteiger partial charge >= 0.3 is 0 Å². The van der Waals surface area contributed by atoms with Gasteiger partial charge in [-0.15, -0.1) is 5.10 Å². The fraction of sp³-hybridized carbons (Fsp3) is 0.588. The molecule has 1 unspecified atom stereocenters. The molecule has 1 fully saturated rings. The maximum Gasteiger partial charge on any atom is 0.0967 e. The highest BCUT2D eigenvalue weighted by molar-refractivity contribution is 5.14. The molecule has 1 atom stereocenters. The quantitative estimate of drug-likeness (QED) is 0.885.